The molecule has 1 saturated carbocycles. The number of hydrogen-bond acceptors (Lipinski definition) is 4. The molecule has 2 atom stereocenters. The van der Waals surface area contributed by atoms with Crippen LogP contribution >= 0.6 is 0 Å². The van der Waals surface area contributed by atoms with Crippen molar-refractivity contribution in [1.82, 2.24) is 15.5 Å². The summed E-state index contributed by atoms with van der Waals surface area (Å²) in [5.74, 6) is 0.134. The zero-order valence-corrected chi connectivity index (χ0v) is 16.3. The van der Waals surface area contributed by atoms with E-state index in [1.54, 1.807) is 0 Å². The summed E-state index contributed by atoms with van der Waals surface area (Å²) in [5.41, 5.74) is -0.460. The smallest absolute Gasteiger partial charge is 0.410 e. The number of carbonyl (C=O) groups is 2. The molecule has 25 heavy (non-hydrogen) atoms. The molecule has 1 aliphatic carbocycles. The molecule has 0 spiro atoms. The molecular weight excluding hydrogens is 318 g/mol. The van der Waals surface area contributed by atoms with Crippen molar-refractivity contribution in [3.05, 3.63) is 0 Å². The van der Waals surface area contributed by atoms with Crippen molar-refractivity contribution in [2.75, 3.05) is 13.1 Å². The van der Waals surface area contributed by atoms with Crippen LogP contribution in [0.3, 0.4) is 0 Å². The number of likely N-dealkylation sites (tertiary alicyclic amines) is 1. The van der Waals surface area contributed by atoms with Gasteiger partial charge in [-0.15, -0.1) is 0 Å². The van der Waals surface area contributed by atoms with E-state index >= 15 is 0 Å². The zero-order chi connectivity index (χ0) is 18.4. The van der Waals surface area contributed by atoms with Crippen LogP contribution in [0.25, 0.3) is 0 Å². The normalized spacial score (nSPS) is 22.4. The van der Waals surface area contributed by atoms with Gasteiger partial charge in [0.05, 0.1) is 0 Å². The SMILES string of the molecule is CC(CC1CCCCN1C(=O)OC(C)(C)C)NCCC(=O)NC1CC1. The van der Waals surface area contributed by atoms with E-state index in [0.29, 0.717) is 19.0 Å². The number of amides is 2. The van der Waals surface area contributed by atoms with Gasteiger partial charge in [0.25, 0.3) is 0 Å². The number of nitrogens with one attached hydrogen (secondary N) is 2. The summed E-state index contributed by atoms with van der Waals surface area (Å²) in [6.45, 7) is 9.29. The summed E-state index contributed by atoms with van der Waals surface area (Å²) in [5, 5.41) is 6.43. The fourth-order valence-corrected chi connectivity index (χ4v) is 3.26. The Hall–Kier alpha value is -1.30. The summed E-state index contributed by atoms with van der Waals surface area (Å²) in [6.07, 6.45) is 6.67. The Bertz CT molecular complexity index is 457. The minimum Gasteiger partial charge on any atom is -0.444 e. The third-order valence-corrected chi connectivity index (χ3v) is 4.67. The lowest BCUT2D eigenvalue weighted by molar-refractivity contribution is -0.121. The zero-order valence-electron chi connectivity index (χ0n) is 16.3. The van der Waals surface area contributed by atoms with Gasteiger partial charge in [-0.25, -0.2) is 4.79 Å². The van der Waals surface area contributed by atoms with E-state index in [9.17, 15) is 9.59 Å². The minimum absolute atomic E-state index is 0.134. The van der Waals surface area contributed by atoms with Gasteiger partial charge in [0, 0.05) is 37.6 Å². The summed E-state index contributed by atoms with van der Waals surface area (Å²) < 4.78 is 5.56. The van der Waals surface area contributed by atoms with Crippen LogP contribution in [0.15, 0.2) is 0 Å². The van der Waals surface area contributed by atoms with Gasteiger partial charge in [-0.05, 0) is 66.2 Å². The van der Waals surface area contributed by atoms with Gasteiger partial charge < -0.3 is 20.3 Å². The first-order valence-corrected chi connectivity index (χ1v) is 9.77. The molecule has 2 unspecified atom stereocenters. The molecule has 0 bridgehead atoms. The molecule has 0 aromatic heterocycles. The standard InChI is InChI=1S/C19H35N3O3/c1-14(20-11-10-17(23)21-15-8-9-15)13-16-7-5-6-12-22(16)18(24)25-19(2,3)4/h14-16,20H,5-13H2,1-4H3,(H,21,23). The maximum atomic E-state index is 12.4. The van der Waals surface area contributed by atoms with E-state index in [1.165, 1.54) is 0 Å². The molecule has 144 valence electrons. The highest BCUT2D eigenvalue weighted by atomic mass is 16.6. The highest BCUT2D eigenvalue weighted by molar-refractivity contribution is 5.76. The third-order valence-electron chi connectivity index (χ3n) is 4.67. The van der Waals surface area contributed by atoms with Crippen LogP contribution in [-0.4, -0.2) is 53.7 Å². The first kappa shape index (κ1) is 20.0. The quantitative estimate of drug-likeness (QED) is 0.738. The first-order chi connectivity index (χ1) is 11.7. The van der Waals surface area contributed by atoms with E-state index < -0.39 is 5.60 Å². The molecule has 2 rings (SSSR count). The second kappa shape index (κ2) is 8.88. The molecule has 6 heteroatoms. The Kier molecular flexibility index (Phi) is 7.11. The fourth-order valence-electron chi connectivity index (χ4n) is 3.26. The van der Waals surface area contributed by atoms with E-state index in [1.807, 2.05) is 25.7 Å². The van der Waals surface area contributed by atoms with Gasteiger partial charge in [0.1, 0.15) is 5.60 Å². The Morgan fingerprint density at radius 2 is 1.92 bits per heavy atom. The molecule has 2 amide bonds. The number of rotatable bonds is 7. The van der Waals surface area contributed by atoms with Crippen molar-refractivity contribution in [2.24, 2.45) is 0 Å². The van der Waals surface area contributed by atoms with Crippen molar-refractivity contribution >= 4 is 12.0 Å². The van der Waals surface area contributed by atoms with E-state index in [2.05, 4.69) is 17.6 Å². The highest BCUT2D eigenvalue weighted by Gasteiger charge is 2.31. The Morgan fingerprint density at radius 1 is 1.20 bits per heavy atom. The topological polar surface area (TPSA) is 70.7 Å². The summed E-state index contributed by atoms with van der Waals surface area (Å²) in [4.78, 5) is 26.1. The molecule has 1 heterocycles. The lowest BCUT2D eigenvalue weighted by Gasteiger charge is -2.38. The average molecular weight is 354 g/mol. The molecule has 2 N–H and O–H groups in total. The van der Waals surface area contributed by atoms with Gasteiger partial charge >= 0.3 is 6.09 Å². The summed E-state index contributed by atoms with van der Waals surface area (Å²) in [7, 11) is 0. The predicted molar refractivity (Wildman–Crippen MR) is 98.4 cm³/mol. The molecular formula is C19H35N3O3. The molecule has 0 aromatic carbocycles. The van der Waals surface area contributed by atoms with Crippen LogP contribution in [-0.2, 0) is 9.53 Å². The Labute approximate surface area is 152 Å². The maximum absolute atomic E-state index is 12.4. The molecule has 0 radical (unpaired) electrons. The Balaban J connectivity index is 1.73. The number of ether oxygens (including phenoxy) is 1. The average Bonchev–Trinajstić information content (AvgIpc) is 3.29. The predicted octanol–water partition coefficient (Wildman–Crippen LogP) is 2.81. The van der Waals surface area contributed by atoms with Crippen LogP contribution in [0.2, 0.25) is 0 Å². The number of hydrogen-bond donors (Lipinski definition) is 2. The van der Waals surface area contributed by atoms with Crippen LogP contribution in [0, 0.1) is 0 Å². The highest BCUT2D eigenvalue weighted by Crippen LogP contribution is 2.23. The lowest BCUT2D eigenvalue weighted by Crippen LogP contribution is -2.48. The van der Waals surface area contributed by atoms with E-state index in [-0.39, 0.29) is 24.1 Å². The lowest BCUT2D eigenvalue weighted by atomic mass is 9.96. The number of nitrogens with zero attached hydrogens (tertiary/aromatic N) is 1. The monoisotopic (exact) mass is 353 g/mol. The van der Waals surface area contributed by atoms with Crippen molar-refractivity contribution in [3.8, 4) is 0 Å². The van der Waals surface area contributed by atoms with Crippen LogP contribution in [0.5, 0.6) is 0 Å². The van der Waals surface area contributed by atoms with Crippen LogP contribution < -0.4 is 10.6 Å². The summed E-state index contributed by atoms with van der Waals surface area (Å²) in [6, 6.07) is 0.905. The van der Waals surface area contributed by atoms with Gasteiger partial charge in [-0.1, -0.05) is 0 Å². The van der Waals surface area contributed by atoms with Gasteiger partial charge in [-0.3, -0.25) is 4.79 Å². The van der Waals surface area contributed by atoms with Crippen LogP contribution in [0.1, 0.15) is 72.6 Å². The molecule has 1 saturated heterocycles. The third kappa shape index (κ3) is 7.63. The first-order valence-electron chi connectivity index (χ1n) is 9.77. The summed E-state index contributed by atoms with van der Waals surface area (Å²) >= 11 is 0. The largest absolute Gasteiger partial charge is 0.444 e. The molecule has 2 aliphatic rings. The van der Waals surface area contributed by atoms with Gasteiger partial charge in [-0.2, -0.15) is 0 Å². The van der Waals surface area contributed by atoms with Crippen molar-refractivity contribution in [1.29, 1.82) is 0 Å². The molecule has 6 nitrogen and oxygen atoms in total. The van der Waals surface area contributed by atoms with E-state index in [4.69, 9.17) is 4.74 Å². The van der Waals surface area contributed by atoms with E-state index in [0.717, 1.165) is 45.1 Å². The number of carbonyl (C=O) groups excluding carboxylic acids is 2. The molecule has 1 aliphatic heterocycles. The van der Waals surface area contributed by atoms with Crippen LogP contribution in [0.4, 0.5) is 4.79 Å². The molecule has 0 aromatic rings. The molecule has 2 fully saturated rings. The van der Waals surface area contributed by atoms with Crippen molar-refractivity contribution in [2.45, 2.75) is 96.4 Å². The van der Waals surface area contributed by atoms with Crippen molar-refractivity contribution < 1.29 is 14.3 Å². The Morgan fingerprint density at radius 3 is 2.56 bits per heavy atom. The number of piperidine rings is 1. The van der Waals surface area contributed by atoms with Gasteiger partial charge in [0.15, 0.2) is 0 Å². The van der Waals surface area contributed by atoms with Crippen molar-refractivity contribution in [3.63, 3.8) is 0 Å². The second-order valence-electron chi connectivity index (χ2n) is 8.51. The second-order valence-corrected chi connectivity index (χ2v) is 8.51. The van der Waals surface area contributed by atoms with Gasteiger partial charge in [0.2, 0.25) is 5.91 Å². The maximum Gasteiger partial charge on any atom is 0.410 e. The fraction of sp³-hybridized carbons (Fsp3) is 0.895. The minimum atomic E-state index is -0.460.